The van der Waals surface area contributed by atoms with Crippen molar-refractivity contribution in [2.45, 2.75) is 39.0 Å². The SMILES string of the molecule is COc1ccccc1C1=NO[C@@H](CN(Cc2ccccc2F)C(=O)NC(C)C)C1. The highest BCUT2D eigenvalue weighted by atomic mass is 19.1. The number of methoxy groups -OCH3 is 1. The van der Waals surface area contributed by atoms with E-state index in [1.54, 1.807) is 30.2 Å². The molecule has 2 aromatic rings. The van der Waals surface area contributed by atoms with Crippen LogP contribution in [0.5, 0.6) is 5.75 Å². The Morgan fingerprint density at radius 2 is 2.00 bits per heavy atom. The summed E-state index contributed by atoms with van der Waals surface area (Å²) in [5.41, 5.74) is 2.09. The minimum atomic E-state index is -0.340. The van der Waals surface area contributed by atoms with E-state index >= 15 is 0 Å². The van der Waals surface area contributed by atoms with Crippen LogP contribution in [-0.2, 0) is 11.4 Å². The second-order valence-corrected chi connectivity index (χ2v) is 7.25. The molecule has 0 bridgehead atoms. The van der Waals surface area contributed by atoms with Crippen LogP contribution in [0.2, 0.25) is 0 Å². The number of amides is 2. The van der Waals surface area contributed by atoms with E-state index in [0.717, 1.165) is 17.0 Å². The molecule has 1 aliphatic rings. The molecule has 2 aromatic carbocycles. The molecule has 6 nitrogen and oxygen atoms in total. The molecule has 0 unspecified atom stereocenters. The molecule has 1 atom stereocenters. The Morgan fingerprint density at radius 3 is 2.72 bits per heavy atom. The Bertz CT molecular complexity index is 885. The zero-order valence-electron chi connectivity index (χ0n) is 16.9. The first kappa shape index (κ1) is 20.6. The first-order valence-electron chi connectivity index (χ1n) is 9.63. The highest BCUT2D eigenvalue weighted by Gasteiger charge is 2.28. The fraction of sp³-hybridized carbons (Fsp3) is 0.364. The molecule has 0 fully saturated rings. The first-order chi connectivity index (χ1) is 14.0. The Morgan fingerprint density at radius 1 is 1.28 bits per heavy atom. The van der Waals surface area contributed by atoms with Crippen LogP contribution in [0.25, 0.3) is 0 Å². The van der Waals surface area contributed by atoms with Gasteiger partial charge in [-0.15, -0.1) is 0 Å². The predicted octanol–water partition coefficient (Wildman–Crippen LogP) is 3.95. The molecule has 7 heteroatoms. The molecule has 0 spiro atoms. The monoisotopic (exact) mass is 399 g/mol. The molecular formula is C22H26FN3O3. The summed E-state index contributed by atoms with van der Waals surface area (Å²) in [5, 5.41) is 7.07. The Hall–Kier alpha value is -3.09. The Kier molecular flexibility index (Phi) is 6.69. The number of para-hydroxylation sites is 1. The number of nitrogens with one attached hydrogen (secondary N) is 1. The van der Waals surface area contributed by atoms with Gasteiger partial charge in [0.15, 0.2) is 6.10 Å². The highest BCUT2D eigenvalue weighted by molar-refractivity contribution is 6.03. The number of urea groups is 1. The van der Waals surface area contributed by atoms with Gasteiger partial charge in [0.2, 0.25) is 0 Å². The molecule has 0 radical (unpaired) electrons. The van der Waals surface area contributed by atoms with Crippen molar-refractivity contribution in [2.75, 3.05) is 13.7 Å². The van der Waals surface area contributed by atoms with Crippen LogP contribution in [0.15, 0.2) is 53.7 Å². The maximum Gasteiger partial charge on any atom is 0.318 e. The number of oxime groups is 1. The van der Waals surface area contributed by atoms with E-state index in [4.69, 9.17) is 9.57 Å². The largest absolute Gasteiger partial charge is 0.496 e. The minimum Gasteiger partial charge on any atom is -0.496 e. The first-order valence-corrected chi connectivity index (χ1v) is 9.63. The molecule has 154 valence electrons. The highest BCUT2D eigenvalue weighted by Crippen LogP contribution is 2.25. The summed E-state index contributed by atoms with van der Waals surface area (Å²) in [5.74, 6) is 0.379. The van der Waals surface area contributed by atoms with E-state index in [-0.39, 0.29) is 37.1 Å². The van der Waals surface area contributed by atoms with Gasteiger partial charge < -0.3 is 19.8 Å². The van der Waals surface area contributed by atoms with Crippen LogP contribution in [0, 0.1) is 5.82 Å². The fourth-order valence-electron chi connectivity index (χ4n) is 3.20. The van der Waals surface area contributed by atoms with Gasteiger partial charge in [-0.3, -0.25) is 0 Å². The number of benzene rings is 2. The molecule has 0 saturated carbocycles. The second-order valence-electron chi connectivity index (χ2n) is 7.25. The molecular weight excluding hydrogens is 373 g/mol. The van der Waals surface area contributed by atoms with E-state index in [1.807, 2.05) is 38.1 Å². The summed E-state index contributed by atoms with van der Waals surface area (Å²) in [6, 6.07) is 13.7. The number of carbonyl (C=O) groups excluding carboxylic acids is 1. The standard InChI is InChI=1S/C22H26FN3O3/c1-15(2)24-22(27)26(13-16-8-4-6-10-19(16)23)14-17-12-20(25-29-17)18-9-5-7-11-21(18)28-3/h4-11,15,17H,12-14H2,1-3H3,(H,24,27)/t17-/m1/s1. The number of halogens is 1. The molecule has 1 aliphatic heterocycles. The lowest BCUT2D eigenvalue weighted by molar-refractivity contribution is 0.0584. The second kappa shape index (κ2) is 9.41. The van der Waals surface area contributed by atoms with Crippen molar-refractivity contribution < 1.29 is 18.8 Å². The van der Waals surface area contributed by atoms with Crippen molar-refractivity contribution in [3.63, 3.8) is 0 Å². The zero-order valence-corrected chi connectivity index (χ0v) is 16.9. The lowest BCUT2D eigenvalue weighted by Gasteiger charge is -2.26. The summed E-state index contributed by atoms with van der Waals surface area (Å²) in [4.78, 5) is 19.8. The molecule has 29 heavy (non-hydrogen) atoms. The number of hydrogen-bond donors (Lipinski definition) is 1. The Labute approximate surface area is 170 Å². The smallest absolute Gasteiger partial charge is 0.318 e. The maximum atomic E-state index is 14.1. The number of ether oxygens (including phenoxy) is 1. The fourth-order valence-corrected chi connectivity index (χ4v) is 3.20. The average Bonchev–Trinajstić information content (AvgIpc) is 3.17. The van der Waals surface area contributed by atoms with Crippen LogP contribution < -0.4 is 10.1 Å². The van der Waals surface area contributed by atoms with Crippen molar-refractivity contribution in [3.05, 3.63) is 65.5 Å². The topological polar surface area (TPSA) is 63.2 Å². The van der Waals surface area contributed by atoms with Crippen LogP contribution in [-0.4, -0.2) is 42.4 Å². The van der Waals surface area contributed by atoms with Crippen molar-refractivity contribution in [3.8, 4) is 5.75 Å². The van der Waals surface area contributed by atoms with Gasteiger partial charge in [0, 0.05) is 23.6 Å². The quantitative estimate of drug-likeness (QED) is 0.767. The van der Waals surface area contributed by atoms with Gasteiger partial charge in [0.25, 0.3) is 0 Å². The molecule has 0 saturated heterocycles. The van der Waals surface area contributed by atoms with Gasteiger partial charge in [-0.1, -0.05) is 35.5 Å². The minimum absolute atomic E-state index is 0.0319. The molecule has 0 aliphatic carbocycles. The summed E-state index contributed by atoms with van der Waals surface area (Å²) in [7, 11) is 1.61. The molecule has 1 N–H and O–H groups in total. The van der Waals surface area contributed by atoms with E-state index < -0.39 is 0 Å². The third kappa shape index (κ3) is 5.25. The summed E-state index contributed by atoms with van der Waals surface area (Å²) in [6.45, 7) is 4.20. The number of hydrogen-bond acceptors (Lipinski definition) is 4. The lowest BCUT2D eigenvalue weighted by atomic mass is 10.0. The third-order valence-electron chi connectivity index (χ3n) is 4.59. The summed E-state index contributed by atoms with van der Waals surface area (Å²) >= 11 is 0. The number of carbonyl (C=O) groups is 1. The molecule has 1 heterocycles. The third-order valence-corrected chi connectivity index (χ3v) is 4.59. The maximum absolute atomic E-state index is 14.1. The Balaban J connectivity index is 1.71. The van der Waals surface area contributed by atoms with Crippen LogP contribution in [0.1, 0.15) is 31.4 Å². The molecule has 2 amide bonds. The van der Waals surface area contributed by atoms with E-state index in [2.05, 4.69) is 10.5 Å². The predicted molar refractivity (Wildman–Crippen MR) is 109 cm³/mol. The normalized spacial score (nSPS) is 15.6. The summed E-state index contributed by atoms with van der Waals surface area (Å²) < 4.78 is 19.5. The van der Waals surface area contributed by atoms with Gasteiger partial charge >= 0.3 is 6.03 Å². The van der Waals surface area contributed by atoms with Gasteiger partial charge in [0.1, 0.15) is 11.6 Å². The van der Waals surface area contributed by atoms with Gasteiger partial charge in [-0.2, -0.15) is 0 Å². The zero-order chi connectivity index (χ0) is 20.8. The van der Waals surface area contributed by atoms with Crippen LogP contribution in [0.3, 0.4) is 0 Å². The van der Waals surface area contributed by atoms with Crippen LogP contribution >= 0.6 is 0 Å². The average molecular weight is 399 g/mol. The van der Waals surface area contributed by atoms with Crippen molar-refractivity contribution >= 4 is 11.7 Å². The van der Waals surface area contributed by atoms with Crippen molar-refractivity contribution in [1.82, 2.24) is 10.2 Å². The van der Waals surface area contributed by atoms with Gasteiger partial charge in [-0.05, 0) is 32.0 Å². The van der Waals surface area contributed by atoms with Gasteiger partial charge in [0.05, 0.1) is 25.9 Å². The number of rotatable bonds is 7. The van der Waals surface area contributed by atoms with Crippen molar-refractivity contribution in [2.24, 2.45) is 5.16 Å². The molecule has 0 aromatic heterocycles. The van der Waals surface area contributed by atoms with E-state index in [9.17, 15) is 9.18 Å². The van der Waals surface area contributed by atoms with Crippen molar-refractivity contribution in [1.29, 1.82) is 0 Å². The van der Waals surface area contributed by atoms with Crippen LogP contribution in [0.4, 0.5) is 9.18 Å². The summed E-state index contributed by atoms with van der Waals surface area (Å²) in [6.07, 6.45) is 0.211. The van der Waals surface area contributed by atoms with E-state index in [0.29, 0.717) is 12.0 Å². The molecule has 3 rings (SSSR count). The van der Waals surface area contributed by atoms with E-state index in [1.165, 1.54) is 6.07 Å². The van der Waals surface area contributed by atoms with Gasteiger partial charge in [-0.25, -0.2) is 9.18 Å². The lowest BCUT2D eigenvalue weighted by Crippen LogP contribution is -2.45. The number of nitrogens with zero attached hydrogens (tertiary/aromatic N) is 2.